The molecule has 2 heterocycles. The number of aliphatic imine (C=N–C) groups is 1. The van der Waals surface area contributed by atoms with Gasteiger partial charge in [-0.1, -0.05) is 25.8 Å². The van der Waals surface area contributed by atoms with Gasteiger partial charge in [-0.15, -0.1) is 35.3 Å². The second-order valence-electron chi connectivity index (χ2n) is 6.68. The summed E-state index contributed by atoms with van der Waals surface area (Å²) in [6, 6.07) is 4.40. The number of halogens is 1. The number of guanidine groups is 1. The molecule has 0 aliphatic carbocycles. The van der Waals surface area contributed by atoms with Gasteiger partial charge in [0.1, 0.15) is 0 Å². The van der Waals surface area contributed by atoms with Gasteiger partial charge in [0.25, 0.3) is 0 Å². The van der Waals surface area contributed by atoms with Crippen LogP contribution in [-0.2, 0) is 6.54 Å². The van der Waals surface area contributed by atoms with Crippen molar-refractivity contribution in [1.29, 1.82) is 0 Å². The topological polar surface area (TPSA) is 39.7 Å². The molecule has 1 unspecified atom stereocenters. The summed E-state index contributed by atoms with van der Waals surface area (Å²) in [6.07, 6.45) is 6.37. The molecule has 0 aromatic carbocycles. The summed E-state index contributed by atoms with van der Waals surface area (Å²) >= 11 is 1.87. The molecule has 4 nitrogen and oxygen atoms in total. The molecular formula is C19H35IN4S. The van der Waals surface area contributed by atoms with Crippen molar-refractivity contribution in [3.8, 4) is 0 Å². The Hall–Kier alpha value is -0.340. The van der Waals surface area contributed by atoms with Crippen LogP contribution in [0.5, 0.6) is 0 Å². The van der Waals surface area contributed by atoms with Crippen molar-refractivity contribution in [2.45, 2.75) is 52.5 Å². The van der Waals surface area contributed by atoms with E-state index in [-0.39, 0.29) is 24.0 Å². The highest BCUT2D eigenvalue weighted by molar-refractivity contribution is 14.0. The van der Waals surface area contributed by atoms with Crippen molar-refractivity contribution >= 4 is 41.3 Å². The summed E-state index contributed by atoms with van der Waals surface area (Å²) in [5, 5.41) is 9.02. The number of piperidine rings is 1. The van der Waals surface area contributed by atoms with Crippen LogP contribution in [0, 0.1) is 5.92 Å². The molecule has 1 aromatic heterocycles. The molecule has 1 saturated heterocycles. The summed E-state index contributed by atoms with van der Waals surface area (Å²) in [4.78, 5) is 8.91. The Kier molecular flexibility index (Phi) is 12.5. The fourth-order valence-electron chi connectivity index (χ4n) is 3.21. The molecule has 25 heavy (non-hydrogen) atoms. The number of hydrogen-bond acceptors (Lipinski definition) is 3. The van der Waals surface area contributed by atoms with Gasteiger partial charge in [0, 0.05) is 37.6 Å². The first kappa shape index (κ1) is 22.7. The fraction of sp³-hybridized carbons (Fsp3) is 0.737. The lowest BCUT2D eigenvalue weighted by atomic mass is 9.98. The van der Waals surface area contributed by atoms with Crippen molar-refractivity contribution in [2.75, 3.05) is 32.7 Å². The van der Waals surface area contributed by atoms with Gasteiger partial charge >= 0.3 is 0 Å². The van der Waals surface area contributed by atoms with Crippen LogP contribution in [0.2, 0.25) is 0 Å². The van der Waals surface area contributed by atoms with Crippen LogP contribution in [-0.4, -0.2) is 43.6 Å². The van der Waals surface area contributed by atoms with Crippen LogP contribution in [0.25, 0.3) is 0 Å². The minimum absolute atomic E-state index is 0. The van der Waals surface area contributed by atoms with Crippen LogP contribution in [0.15, 0.2) is 22.5 Å². The molecule has 144 valence electrons. The van der Waals surface area contributed by atoms with Gasteiger partial charge in [-0.25, -0.2) is 0 Å². The molecule has 0 radical (unpaired) electrons. The summed E-state index contributed by atoms with van der Waals surface area (Å²) in [6.45, 7) is 10.8. The zero-order valence-corrected chi connectivity index (χ0v) is 18.9. The molecule has 1 aromatic rings. The Balaban J connectivity index is 0.00000312. The number of nitrogens with one attached hydrogen (secondary N) is 2. The van der Waals surface area contributed by atoms with Crippen molar-refractivity contribution in [3.05, 3.63) is 22.4 Å². The maximum Gasteiger partial charge on any atom is 0.191 e. The Morgan fingerprint density at radius 1 is 1.32 bits per heavy atom. The molecule has 2 N–H and O–H groups in total. The zero-order valence-electron chi connectivity index (χ0n) is 15.8. The molecule has 2 rings (SSSR count). The third kappa shape index (κ3) is 9.24. The molecule has 1 fully saturated rings. The number of thiophene rings is 1. The lowest BCUT2D eigenvalue weighted by molar-refractivity contribution is 0.172. The normalized spacial score (nSPS) is 18.6. The van der Waals surface area contributed by atoms with E-state index in [9.17, 15) is 0 Å². The number of hydrogen-bond donors (Lipinski definition) is 2. The third-order valence-corrected chi connectivity index (χ3v) is 5.35. The predicted molar refractivity (Wildman–Crippen MR) is 121 cm³/mol. The minimum Gasteiger partial charge on any atom is -0.357 e. The van der Waals surface area contributed by atoms with Gasteiger partial charge in [0.15, 0.2) is 5.96 Å². The molecule has 6 heteroatoms. The SMILES string of the molecule is CCCCCNC(=NCC1CCCN(Cc2cccs2)C1)NCC.I. The molecular weight excluding hydrogens is 443 g/mol. The van der Waals surface area contributed by atoms with Crippen LogP contribution in [0.3, 0.4) is 0 Å². The smallest absolute Gasteiger partial charge is 0.191 e. The summed E-state index contributed by atoms with van der Waals surface area (Å²) < 4.78 is 0. The highest BCUT2D eigenvalue weighted by Crippen LogP contribution is 2.20. The van der Waals surface area contributed by atoms with Gasteiger partial charge in [0.05, 0.1) is 0 Å². The first-order chi connectivity index (χ1) is 11.8. The van der Waals surface area contributed by atoms with Gasteiger partial charge < -0.3 is 10.6 Å². The summed E-state index contributed by atoms with van der Waals surface area (Å²) in [5.41, 5.74) is 0. The van der Waals surface area contributed by atoms with E-state index in [2.05, 4.69) is 46.9 Å². The molecule has 0 amide bonds. The van der Waals surface area contributed by atoms with Gasteiger partial charge in [0.2, 0.25) is 0 Å². The summed E-state index contributed by atoms with van der Waals surface area (Å²) in [5.74, 6) is 1.67. The quantitative estimate of drug-likeness (QED) is 0.240. The fourth-order valence-corrected chi connectivity index (χ4v) is 3.96. The highest BCUT2D eigenvalue weighted by atomic mass is 127. The van der Waals surface area contributed by atoms with E-state index in [1.807, 2.05) is 11.3 Å². The monoisotopic (exact) mass is 478 g/mol. The molecule has 0 saturated carbocycles. The van der Waals surface area contributed by atoms with Gasteiger partial charge in [-0.05, 0) is 50.1 Å². The van der Waals surface area contributed by atoms with Crippen LogP contribution in [0.4, 0.5) is 0 Å². The van der Waals surface area contributed by atoms with Crippen molar-refractivity contribution in [1.82, 2.24) is 15.5 Å². The Bertz CT molecular complexity index is 464. The van der Waals surface area contributed by atoms with E-state index in [0.29, 0.717) is 5.92 Å². The Morgan fingerprint density at radius 2 is 2.20 bits per heavy atom. The minimum atomic E-state index is 0. The predicted octanol–water partition coefficient (Wildman–Crippen LogP) is 4.32. The average molecular weight is 478 g/mol. The second kappa shape index (κ2) is 13.8. The van der Waals surface area contributed by atoms with E-state index in [1.165, 1.54) is 50.1 Å². The van der Waals surface area contributed by atoms with Crippen LogP contribution < -0.4 is 10.6 Å². The average Bonchev–Trinajstić information content (AvgIpc) is 3.10. The number of nitrogens with zero attached hydrogens (tertiary/aromatic N) is 2. The van der Waals surface area contributed by atoms with E-state index in [0.717, 1.165) is 32.1 Å². The molecule has 0 spiro atoms. The maximum absolute atomic E-state index is 4.84. The Labute approximate surface area is 174 Å². The largest absolute Gasteiger partial charge is 0.357 e. The summed E-state index contributed by atoms with van der Waals surface area (Å²) in [7, 11) is 0. The van der Waals surface area contributed by atoms with Gasteiger partial charge in [-0.3, -0.25) is 9.89 Å². The number of likely N-dealkylation sites (tertiary alicyclic amines) is 1. The van der Waals surface area contributed by atoms with E-state index < -0.39 is 0 Å². The van der Waals surface area contributed by atoms with Crippen molar-refractivity contribution in [3.63, 3.8) is 0 Å². The lowest BCUT2D eigenvalue weighted by Crippen LogP contribution is -2.39. The first-order valence-corrected chi connectivity index (χ1v) is 10.5. The Morgan fingerprint density at radius 3 is 2.92 bits per heavy atom. The van der Waals surface area contributed by atoms with E-state index >= 15 is 0 Å². The number of unbranched alkanes of at least 4 members (excludes halogenated alkanes) is 2. The molecule has 1 aliphatic heterocycles. The van der Waals surface area contributed by atoms with Gasteiger partial charge in [-0.2, -0.15) is 0 Å². The standard InChI is InChI=1S/C19H34N4S.HI/c1-3-5-6-11-21-19(20-4-2)22-14-17-9-7-12-23(15-17)16-18-10-8-13-24-18;/h8,10,13,17H,3-7,9,11-12,14-16H2,1-2H3,(H2,20,21,22);1H. The molecule has 1 aliphatic rings. The third-order valence-electron chi connectivity index (χ3n) is 4.49. The second-order valence-corrected chi connectivity index (χ2v) is 7.71. The zero-order chi connectivity index (χ0) is 17.0. The van der Waals surface area contributed by atoms with Crippen LogP contribution in [0.1, 0.15) is 50.8 Å². The van der Waals surface area contributed by atoms with Crippen molar-refractivity contribution < 1.29 is 0 Å². The molecule has 0 bridgehead atoms. The first-order valence-electron chi connectivity index (χ1n) is 9.58. The molecule has 1 atom stereocenters. The maximum atomic E-state index is 4.84. The van der Waals surface area contributed by atoms with E-state index in [4.69, 9.17) is 4.99 Å². The lowest BCUT2D eigenvalue weighted by Gasteiger charge is -2.31. The number of rotatable bonds is 9. The van der Waals surface area contributed by atoms with E-state index in [1.54, 1.807) is 0 Å². The van der Waals surface area contributed by atoms with Crippen LogP contribution >= 0.6 is 35.3 Å². The van der Waals surface area contributed by atoms with Crippen molar-refractivity contribution in [2.24, 2.45) is 10.9 Å². The highest BCUT2D eigenvalue weighted by Gasteiger charge is 2.20.